The van der Waals surface area contributed by atoms with E-state index in [0.717, 1.165) is 33.6 Å². The summed E-state index contributed by atoms with van der Waals surface area (Å²) in [5.74, 6) is 2.67. The smallest absolute Gasteiger partial charge is 0.166 e. The molecule has 0 bridgehead atoms. The zero-order valence-electron chi connectivity index (χ0n) is 25.2. The topological polar surface area (TPSA) is 60.8 Å². The van der Waals surface area contributed by atoms with Gasteiger partial charge in [-0.3, -0.25) is 4.98 Å². The Balaban J connectivity index is 1.09. The van der Waals surface area contributed by atoms with Crippen LogP contribution in [0.15, 0.2) is 146 Å². The summed E-state index contributed by atoms with van der Waals surface area (Å²) >= 11 is 0. The normalized spacial score (nSPS) is 16.5. The SMILES string of the molecule is C1=CC2Oc3cncc(-c4nc(-c5ccccc5)nc(-c5ccc(-c6ccc7c8c(cccc68)-c6ccccc6-7)cc5)n4)c3C2C=C1. The zero-order chi connectivity index (χ0) is 30.9. The molecule has 0 N–H and O–H groups in total. The van der Waals surface area contributed by atoms with Crippen LogP contribution < -0.4 is 4.74 Å². The Hall–Kier alpha value is -6.20. The molecule has 1 aliphatic heterocycles. The highest BCUT2D eigenvalue weighted by atomic mass is 16.5. The minimum atomic E-state index is -0.0552. The summed E-state index contributed by atoms with van der Waals surface area (Å²) in [7, 11) is 0. The van der Waals surface area contributed by atoms with Crippen LogP contribution in [0.2, 0.25) is 0 Å². The van der Waals surface area contributed by atoms with Gasteiger partial charge in [-0.1, -0.05) is 127 Å². The molecule has 0 radical (unpaired) electrons. The van der Waals surface area contributed by atoms with Gasteiger partial charge in [0.25, 0.3) is 0 Å². The maximum absolute atomic E-state index is 6.25. The minimum Gasteiger partial charge on any atom is -0.483 e. The molecule has 0 saturated heterocycles. The predicted octanol–water partition coefficient (Wildman–Crippen LogP) is 9.71. The summed E-state index contributed by atoms with van der Waals surface area (Å²) in [5.41, 5.74) is 11.3. The van der Waals surface area contributed by atoms with E-state index in [1.54, 1.807) is 6.20 Å². The first-order chi connectivity index (χ1) is 23.3. The molecule has 0 fully saturated rings. The van der Waals surface area contributed by atoms with E-state index in [9.17, 15) is 0 Å². The zero-order valence-corrected chi connectivity index (χ0v) is 25.2. The Morgan fingerprint density at radius 1 is 0.468 bits per heavy atom. The lowest BCUT2D eigenvalue weighted by Gasteiger charge is -2.16. The first-order valence-electron chi connectivity index (χ1n) is 15.9. The number of nitrogens with zero attached hydrogens (tertiary/aromatic N) is 4. The molecule has 7 aromatic rings. The largest absolute Gasteiger partial charge is 0.483 e. The minimum absolute atomic E-state index is 0.0552. The van der Waals surface area contributed by atoms with Crippen LogP contribution in [-0.2, 0) is 0 Å². The van der Waals surface area contributed by atoms with Gasteiger partial charge in [0.15, 0.2) is 17.5 Å². The van der Waals surface area contributed by atoms with E-state index >= 15 is 0 Å². The van der Waals surface area contributed by atoms with E-state index < -0.39 is 0 Å². The molecular weight excluding hydrogens is 576 g/mol. The molecule has 5 nitrogen and oxygen atoms in total. The summed E-state index contributed by atoms with van der Waals surface area (Å²) in [6.45, 7) is 0. The van der Waals surface area contributed by atoms with Crippen molar-refractivity contribution in [3.05, 3.63) is 151 Å². The van der Waals surface area contributed by atoms with E-state index in [0.29, 0.717) is 17.5 Å². The molecule has 5 aromatic carbocycles. The summed E-state index contributed by atoms with van der Waals surface area (Å²) < 4.78 is 6.25. The second-order valence-corrected chi connectivity index (χ2v) is 12.2. The number of pyridine rings is 1. The van der Waals surface area contributed by atoms with Gasteiger partial charge < -0.3 is 4.74 Å². The standard InChI is InChI=1S/C42H26N4O/c1-2-9-26(10-3-1)40-44-41(46-42(45-40)35-23-43-24-37-39(35)34-13-6-7-16-36(34)47-37)27-19-17-25(18-20-27)28-21-22-33-30-12-5-4-11-29(30)32-15-8-14-31(28)38(32)33/h1-24,34,36H. The fourth-order valence-electron chi connectivity index (χ4n) is 7.37. The van der Waals surface area contributed by atoms with Crippen molar-refractivity contribution in [2.45, 2.75) is 12.0 Å². The lowest BCUT2D eigenvalue weighted by atomic mass is 9.89. The van der Waals surface area contributed by atoms with E-state index in [2.05, 4.69) is 102 Å². The highest BCUT2D eigenvalue weighted by Crippen LogP contribution is 2.49. The number of hydrogen-bond acceptors (Lipinski definition) is 5. The van der Waals surface area contributed by atoms with Crippen LogP contribution in [0.5, 0.6) is 5.75 Å². The van der Waals surface area contributed by atoms with Crippen LogP contribution >= 0.6 is 0 Å². The third-order valence-electron chi connectivity index (χ3n) is 9.54. The average molecular weight is 603 g/mol. The fourth-order valence-corrected chi connectivity index (χ4v) is 7.37. The Labute approximate surface area is 271 Å². The number of benzene rings is 5. The molecule has 2 unspecified atom stereocenters. The Morgan fingerprint density at radius 2 is 1.11 bits per heavy atom. The predicted molar refractivity (Wildman–Crippen MR) is 187 cm³/mol. The summed E-state index contributed by atoms with van der Waals surface area (Å²) in [6.07, 6.45) is 11.9. The van der Waals surface area contributed by atoms with Crippen molar-refractivity contribution < 1.29 is 4.74 Å². The molecule has 47 heavy (non-hydrogen) atoms. The molecule has 2 aliphatic carbocycles. The Kier molecular flexibility index (Phi) is 5.63. The highest BCUT2D eigenvalue weighted by Gasteiger charge is 2.35. The molecule has 220 valence electrons. The number of aromatic nitrogens is 4. The van der Waals surface area contributed by atoms with Crippen molar-refractivity contribution in [2.75, 3.05) is 0 Å². The third kappa shape index (κ3) is 4.03. The van der Waals surface area contributed by atoms with Crippen molar-refractivity contribution in [3.8, 4) is 73.3 Å². The van der Waals surface area contributed by atoms with Crippen molar-refractivity contribution in [3.63, 3.8) is 0 Å². The molecule has 2 atom stereocenters. The van der Waals surface area contributed by atoms with Crippen molar-refractivity contribution >= 4 is 10.8 Å². The third-order valence-corrected chi connectivity index (χ3v) is 9.54. The Morgan fingerprint density at radius 3 is 1.91 bits per heavy atom. The van der Waals surface area contributed by atoms with E-state index in [1.165, 1.54) is 38.6 Å². The van der Waals surface area contributed by atoms with Crippen LogP contribution in [0.4, 0.5) is 0 Å². The highest BCUT2D eigenvalue weighted by molar-refractivity contribution is 6.18. The molecule has 0 spiro atoms. The van der Waals surface area contributed by atoms with E-state index in [-0.39, 0.29) is 12.0 Å². The number of ether oxygens (including phenoxy) is 1. The van der Waals surface area contributed by atoms with Crippen LogP contribution in [0.25, 0.3) is 78.3 Å². The summed E-state index contributed by atoms with van der Waals surface area (Å²) in [4.78, 5) is 19.6. The molecule has 0 amide bonds. The van der Waals surface area contributed by atoms with E-state index in [4.69, 9.17) is 19.7 Å². The molecule has 3 heterocycles. The molecule has 2 aromatic heterocycles. The quantitative estimate of drug-likeness (QED) is 0.201. The van der Waals surface area contributed by atoms with Gasteiger partial charge in [0.2, 0.25) is 0 Å². The van der Waals surface area contributed by atoms with Gasteiger partial charge in [-0.05, 0) is 50.2 Å². The first-order valence-corrected chi connectivity index (χ1v) is 15.9. The second kappa shape index (κ2) is 10.2. The van der Waals surface area contributed by atoms with Crippen molar-refractivity contribution in [1.82, 2.24) is 19.9 Å². The van der Waals surface area contributed by atoms with Gasteiger partial charge in [0, 0.05) is 34.4 Å². The lowest BCUT2D eigenvalue weighted by molar-refractivity contribution is 0.268. The second-order valence-electron chi connectivity index (χ2n) is 12.2. The number of hydrogen-bond donors (Lipinski definition) is 0. The Bertz CT molecular complexity index is 2420. The van der Waals surface area contributed by atoms with Gasteiger partial charge in [0.1, 0.15) is 11.9 Å². The number of rotatable bonds is 4. The van der Waals surface area contributed by atoms with Gasteiger partial charge in [-0.2, -0.15) is 0 Å². The summed E-state index contributed by atoms with van der Waals surface area (Å²) in [6, 6.07) is 38.5. The van der Waals surface area contributed by atoms with Crippen molar-refractivity contribution in [2.24, 2.45) is 0 Å². The van der Waals surface area contributed by atoms with Gasteiger partial charge in [0.05, 0.1) is 6.20 Å². The van der Waals surface area contributed by atoms with Gasteiger partial charge >= 0.3 is 0 Å². The van der Waals surface area contributed by atoms with Crippen LogP contribution in [0.1, 0.15) is 11.5 Å². The number of allylic oxidation sites excluding steroid dienone is 2. The molecular formula is C42H26N4O. The van der Waals surface area contributed by atoms with Crippen LogP contribution in [0.3, 0.4) is 0 Å². The number of fused-ring (bicyclic) bond motifs is 6. The maximum Gasteiger partial charge on any atom is 0.166 e. The first kappa shape index (κ1) is 26.1. The van der Waals surface area contributed by atoms with E-state index in [1.807, 2.05) is 42.6 Å². The molecule has 5 heteroatoms. The lowest BCUT2D eigenvalue weighted by Crippen LogP contribution is -2.16. The van der Waals surface area contributed by atoms with Gasteiger partial charge in [-0.25, -0.2) is 15.0 Å². The van der Waals surface area contributed by atoms with Crippen LogP contribution in [0, 0.1) is 0 Å². The van der Waals surface area contributed by atoms with Gasteiger partial charge in [-0.15, -0.1) is 0 Å². The average Bonchev–Trinajstić information content (AvgIpc) is 3.69. The van der Waals surface area contributed by atoms with Crippen molar-refractivity contribution in [1.29, 1.82) is 0 Å². The maximum atomic E-state index is 6.25. The fraction of sp³-hybridized carbons (Fsp3) is 0.0476. The molecule has 0 saturated carbocycles. The summed E-state index contributed by atoms with van der Waals surface area (Å²) in [5, 5.41) is 2.58. The monoisotopic (exact) mass is 602 g/mol. The molecule has 10 rings (SSSR count). The molecule has 3 aliphatic rings. The van der Waals surface area contributed by atoms with Crippen LogP contribution in [-0.4, -0.2) is 26.0 Å².